The fourth-order valence-electron chi connectivity index (χ4n) is 2.86. The van der Waals surface area contributed by atoms with Crippen molar-refractivity contribution >= 4 is 11.6 Å². The number of benzene rings is 2. The third-order valence-corrected chi connectivity index (χ3v) is 4.28. The summed E-state index contributed by atoms with van der Waals surface area (Å²) in [5.41, 5.74) is 3.18. The van der Waals surface area contributed by atoms with Gasteiger partial charge in [-0.15, -0.1) is 0 Å². The molecule has 0 atom stereocenters. The molecule has 23 heavy (non-hydrogen) atoms. The predicted octanol–water partition coefficient (Wildman–Crippen LogP) is 2.97. The van der Waals surface area contributed by atoms with E-state index >= 15 is 0 Å². The van der Waals surface area contributed by atoms with Gasteiger partial charge >= 0.3 is 0 Å². The second-order valence-electron chi connectivity index (χ2n) is 5.85. The Morgan fingerprint density at radius 1 is 1.00 bits per heavy atom. The number of piperazine rings is 1. The van der Waals surface area contributed by atoms with E-state index in [4.69, 9.17) is 4.74 Å². The van der Waals surface area contributed by atoms with Gasteiger partial charge in [0.15, 0.2) is 0 Å². The first-order valence-electron chi connectivity index (χ1n) is 7.92. The van der Waals surface area contributed by atoms with Crippen molar-refractivity contribution in [2.24, 2.45) is 0 Å². The lowest BCUT2D eigenvalue weighted by Gasteiger charge is -2.36. The molecule has 4 heteroatoms. The average Bonchev–Trinajstić information content (AvgIpc) is 2.62. The largest absolute Gasteiger partial charge is 0.497 e. The highest BCUT2D eigenvalue weighted by Crippen LogP contribution is 2.19. The van der Waals surface area contributed by atoms with Crippen molar-refractivity contribution in [3.63, 3.8) is 0 Å². The van der Waals surface area contributed by atoms with Gasteiger partial charge in [0.2, 0.25) is 0 Å². The zero-order valence-electron chi connectivity index (χ0n) is 13.7. The van der Waals surface area contributed by atoms with Crippen LogP contribution in [0.3, 0.4) is 0 Å². The summed E-state index contributed by atoms with van der Waals surface area (Å²) in [6.45, 7) is 5.29. The van der Waals surface area contributed by atoms with Crippen molar-refractivity contribution in [2.45, 2.75) is 6.92 Å². The van der Waals surface area contributed by atoms with Crippen LogP contribution in [-0.2, 0) is 0 Å². The molecule has 0 spiro atoms. The van der Waals surface area contributed by atoms with Crippen molar-refractivity contribution in [2.75, 3.05) is 38.2 Å². The van der Waals surface area contributed by atoms with Gasteiger partial charge in [0.05, 0.1) is 7.11 Å². The van der Waals surface area contributed by atoms with E-state index in [-0.39, 0.29) is 5.91 Å². The third-order valence-electron chi connectivity index (χ3n) is 4.28. The number of anilines is 1. The van der Waals surface area contributed by atoms with Gasteiger partial charge in [-0.2, -0.15) is 0 Å². The van der Waals surface area contributed by atoms with Crippen LogP contribution >= 0.6 is 0 Å². The van der Waals surface area contributed by atoms with Gasteiger partial charge in [-0.3, -0.25) is 4.79 Å². The van der Waals surface area contributed by atoms with Gasteiger partial charge in [-0.05, 0) is 37.3 Å². The number of carbonyl (C=O) groups excluding carboxylic acids is 1. The Hall–Kier alpha value is -2.49. The average molecular weight is 310 g/mol. The van der Waals surface area contributed by atoms with Crippen LogP contribution in [0.15, 0.2) is 48.5 Å². The third kappa shape index (κ3) is 3.47. The molecular formula is C19H22N2O2. The Morgan fingerprint density at radius 3 is 2.35 bits per heavy atom. The maximum Gasteiger partial charge on any atom is 0.254 e. The molecule has 4 nitrogen and oxygen atoms in total. The fourth-order valence-corrected chi connectivity index (χ4v) is 2.86. The molecule has 0 radical (unpaired) electrons. The number of amides is 1. The van der Waals surface area contributed by atoms with E-state index in [0.29, 0.717) is 11.3 Å². The van der Waals surface area contributed by atoms with E-state index in [2.05, 4.69) is 36.1 Å². The minimum absolute atomic E-state index is 0.0763. The van der Waals surface area contributed by atoms with Gasteiger partial charge in [0, 0.05) is 37.4 Å². The summed E-state index contributed by atoms with van der Waals surface area (Å²) in [4.78, 5) is 16.9. The number of nitrogens with zero attached hydrogens (tertiary/aromatic N) is 2. The van der Waals surface area contributed by atoms with Crippen LogP contribution in [0.5, 0.6) is 5.75 Å². The maximum absolute atomic E-state index is 12.6. The molecule has 0 unspecified atom stereocenters. The van der Waals surface area contributed by atoms with Crippen LogP contribution in [-0.4, -0.2) is 44.1 Å². The quantitative estimate of drug-likeness (QED) is 0.874. The number of hydrogen-bond donors (Lipinski definition) is 0. The van der Waals surface area contributed by atoms with Crippen molar-refractivity contribution in [1.82, 2.24) is 4.90 Å². The van der Waals surface area contributed by atoms with E-state index in [1.165, 1.54) is 11.3 Å². The van der Waals surface area contributed by atoms with Crippen LogP contribution in [0.25, 0.3) is 0 Å². The second-order valence-corrected chi connectivity index (χ2v) is 5.85. The number of methoxy groups -OCH3 is 1. The molecule has 1 aliphatic rings. The number of hydrogen-bond acceptors (Lipinski definition) is 3. The normalized spacial score (nSPS) is 14.7. The van der Waals surface area contributed by atoms with E-state index in [0.717, 1.165) is 26.2 Å². The lowest BCUT2D eigenvalue weighted by Crippen LogP contribution is -2.48. The van der Waals surface area contributed by atoms with Gasteiger partial charge in [0.1, 0.15) is 5.75 Å². The second kappa shape index (κ2) is 6.73. The molecule has 0 bridgehead atoms. The van der Waals surface area contributed by atoms with E-state index in [9.17, 15) is 4.79 Å². The Balaban J connectivity index is 1.64. The zero-order chi connectivity index (χ0) is 16.2. The SMILES string of the molecule is COc1cccc(C(=O)N2CCN(c3ccc(C)cc3)CC2)c1. The summed E-state index contributed by atoms with van der Waals surface area (Å²) in [5.74, 6) is 0.793. The Kier molecular flexibility index (Phi) is 4.51. The predicted molar refractivity (Wildman–Crippen MR) is 92.3 cm³/mol. The summed E-state index contributed by atoms with van der Waals surface area (Å²) < 4.78 is 5.20. The lowest BCUT2D eigenvalue weighted by atomic mass is 10.1. The molecule has 0 saturated carbocycles. The lowest BCUT2D eigenvalue weighted by molar-refractivity contribution is 0.0746. The van der Waals surface area contributed by atoms with Gasteiger partial charge in [0.25, 0.3) is 5.91 Å². The number of rotatable bonds is 3. The number of aryl methyl sites for hydroxylation is 1. The first-order valence-corrected chi connectivity index (χ1v) is 7.92. The highest BCUT2D eigenvalue weighted by molar-refractivity contribution is 5.94. The van der Waals surface area contributed by atoms with E-state index in [1.807, 2.05) is 23.1 Å². The molecule has 1 aliphatic heterocycles. The molecule has 0 aliphatic carbocycles. The Labute approximate surface area is 137 Å². The Bertz CT molecular complexity index is 674. The molecule has 120 valence electrons. The highest BCUT2D eigenvalue weighted by Gasteiger charge is 2.22. The van der Waals surface area contributed by atoms with Crippen LogP contribution in [0, 0.1) is 6.92 Å². The smallest absolute Gasteiger partial charge is 0.254 e. The molecule has 2 aromatic carbocycles. The Morgan fingerprint density at radius 2 is 1.70 bits per heavy atom. The zero-order valence-corrected chi connectivity index (χ0v) is 13.7. The number of carbonyl (C=O) groups is 1. The van der Waals surface area contributed by atoms with Gasteiger partial charge in [-0.25, -0.2) is 0 Å². The van der Waals surface area contributed by atoms with Crippen molar-refractivity contribution in [3.05, 3.63) is 59.7 Å². The summed E-state index contributed by atoms with van der Waals surface area (Å²) >= 11 is 0. The number of ether oxygens (including phenoxy) is 1. The van der Waals surface area contributed by atoms with Crippen molar-refractivity contribution in [3.8, 4) is 5.75 Å². The topological polar surface area (TPSA) is 32.8 Å². The maximum atomic E-state index is 12.6. The monoisotopic (exact) mass is 310 g/mol. The first kappa shape index (κ1) is 15.4. The molecule has 2 aromatic rings. The fraction of sp³-hybridized carbons (Fsp3) is 0.316. The molecule has 0 N–H and O–H groups in total. The van der Waals surface area contributed by atoms with E-state index in [1.54, 1.807) is 13.2 Å². The summed E-state index contributed by atoms with van der Waals surface area (Å²) in [6.07, 6.45) is 0. The summed E-state index contributed by atoms with van der Waals surface area (Å²) in [7, 11) is 1.62. The van der Waals surface area contributed by atoms with Crippen LogP contribution in [0.1, 0.15) is 15.9 Å². The molecule has 1 saturated heterocycles. The molecule has 0 aromatic heterocycles. The standard InChI is InChI=1S/C19H22N2O2/c1-15-6-8-17(9-7-15)20-10-12-21(13-11-20)19(22)16-4-3-5-18(14-16)23-2/h3-9,14H,10-13H2,1-2H3. The van der Waals surface area contributed by atoms with Crippen LogP contribution < -0.4 is 9.64 Å². The minimum Gasteiger partial charge on any atom is -0.497 e. The molecule has 1 amide bonds. The molecule has 3 rings (SSSR count). The van der Waals surface area contributed by atoms with E-state index < -0.39 is 0 Å². The summed E-state index contributed by atoms with van der Waals surface area (Å²) in [5, 5.41) is 0. The van der Waals surface area contributed by atoms with Crippen molar-refractivity contribution in [1.29, 1.82) is 0 Å². The van der Waals surface area contributed by atoms with Crippen LogP contribution in [0.4, 0.5) is 5.69 Å². The summed E-state index contributed by atoms with van der Waals surface area (Å²) in [6, 6.07) is 15.9. The molecule has 1 heterocycles. The minimum atomic E-state index is 0.0763. The highest BCUT2D eigenvalue weighted by atomic mass is 16.5. The van der Waals surface area contributed by atoms with Crippen molar-refractivity contribution < 1.29 is 9.53 Å². The molecular weight excluding hydrogens is 288 g/mol. The first-order chi connectivity index (χ1) is 11.2. The van der Waals surface area contributed by atoms with Crippen LogP contribution in [0.2, 0.25) is 0 Å². The molecule has 1 fully saturated rings. The van der Waals surface area contributed by atoms with Gasteiger partial charge < -0.3 is 14.5 Å². The van der Waals surface area contributed by atoms with Gasteiger partial charge in [-0.1, -0.05) is 23.8 Å².